The van der Waals surface area contributed by atoms with E-state index in [-0.39, 0.29) is 11.9 Å². The van der Waals surface area contributed by atoms with Crippen molar-refractivity contribution in [1.29, 1.82) is 0 Å². The van der Waals surface area contributed by atoms with E-state index in [1.807, 2.05) is 12.1 Å². The Morgan fingerprint density at radius 3 is 2.42 bits per heavy atom. The second-order valence-electron chi connectivity index (χ2n) is 5.43. The molecule has 0 spiro atoms. The van der Waals surface area contributed by atoms with Gasteiger partial charge in [-0.05, 0) is 42.5 Å². The van der Waals surface area contributed by atoms with Gasteiger partial charge in [-0.1, -0.05) is 12.1 Å². The number of nitrogens with one attached hydrogen (secondary N) is 2. The van der Waals surface area contributed by atoms with Crippen molar-refractivity contribution >= 4 is 23.2 Å². The summed E-state index contributed by atoms with van der Waals surface area (Å²) in [5.74, 6) is 0.428. The number of ether oxygens (including phenoxy) is 1. The lowest BCUT2D eigenvalue weighted by Gasteiger charge is -2.04. The number of methoxy groups -OCH3 is 1. The van der Waals surface area contributed by atoms with E-state index in [2.05, 4.69) is 20.5 Å². The highest BCUT2D eigenvalue weighted by Crippen LogP contribution is 2.22. The molecule has 0 bridgehead atoms. The fourth-order valence-corrected chi connectivity index (χ4v) is 2.31. The van der Waals surface area contributed by atoms with Crippen LogP contribution in [0.3, 0.4) is 0 Å². The van der Waals surface area contributed by atoms with Gasteiger partial charge in [-0.15, -0.1) is 0 Å². The van der Waals surface area contributed by atoms with Crippen LogP contribution in [-0.2, 0) is 0 Å². The summed E-state index contributed by atoms with van der Waals surface area (Å²) in [5.41, 5.74) is 13.8. The molecule has 0 fully saturated rings. The lowest BCUT2D eigenvalue weighted by atomic mass is 10.1. The van der Waals surface area contributed by atoms with Crippen LogP contribution in [0.15, 0.2) is 59.6 Å². The summed E-state index contributed by atoms with van der Waals surface area (Å²) in [6, 6.07) is 15.9. The monoisotopic (exact) mass is 350 g/mol. The van der Waals surface area contributed by atoms with Gasteiger partial charge in [0.25, 0.3) is 5.91 Å². The SMILES string of the molecule is COc1ccc(NC(=O)c2cc(-c3ccc(N=C(N)N)cc3)n[nH]2)cc1. The first kappa shape index (κ1) is 17.0. The molecule has 3 rings (SSSR count). The third kappa shape index (κ3) is 3.99. The summed E-state index contributed by atoms with van der Waals surface area (Å²) < 4.78 is 5.09. The third-order valence-corrected chi connectivity index (χ3v) is 3.59. The summed E-state index contributed by atoms with van der Waals surface area (Å²) >= 11 is 0. The molecule has 1 amide bonds. The molecule has 3 aromatic rings. The average Bonchev–Trinajstić information content (AvgIpc) is 3.13. The van der Waals surface area contributed by atoms with E-state index in [4.69, 9.17) is 16.2 Å². The number of carbonyl (C=O) groups excluding carboxylic acids is 1. The van der Waals surface area contributed by atoms with E-state index < -0.39 is 0 Å². The second-order valence-corrected chi connectivity index (χ2v) is 5.43. The van der Waals surface area contributed by atoms with Crippen LogP contribution in [0, 0.1) is 0 Å². The number of anilines is 1. The number of benzene rings is 2. The van der Waals surface area contributed by atoms with Gasteiger partial charge in [0.1, 0.15) is 11.4 Å². The Labute approximate surface area is 149 Å². The molecule has 0 saturated heterocycles. The number of aliphatic imine (C=N–C) groups is 1. The van der Waals surface area contributed by atoms with Gasteiger partial charge in [0, 0.05) is 11.3 Å². The van der Waals surface area contributed by atoms with Gasteiger partial charge >= 0.3 is 0 Å². The number of carbonyl (C=O) groups is 1. The minimum absolute atomic E-state index is 0.00462. The third-order valence-electron chi connectivity index (χ3n) is 3.59. The minimum Gasteiger partial charge on any atom is -0.497 e. The number of rotatable bonds is 5. The Hall–Kier alpha value is -3.81. The highest BCUT2D eigenvalue weighted by atomic mass is 16.5. The summed E-state index contributed by atoms with van der Waals surface area (Å²) in [6.45, 7) is 0. The topological polar surface area (TPSA) is 131 Å². The van der Waals surface area contributed by atoms with Gasteiger partial charge in [-0.3, -0.25) is 9.89 Å². The number of aromatic nitrogens is 2. The van der Waals surface area contributed by atoms with Crippen molar-refractivity contribution in [1.82, 2.24) is 10.2 Å². The van der Waals surface area contributed by atoms with Gasteiger partial charge in [-0.2, -0.15) is 5.10 Å². The fraction of sp³-hybridized carbons (Fsp3) is 0.0556. The smallest absolute Gasteiger partial charge is 0.273 e. The molecule has 26 heavy (non-hydrogen) atoms. The van der Waals surface area contributed by atoms with Gasteiger partial charge in [0.05, 0.1) is 18.5 Å². The van der Waals surface area contributed by atoms with Crippen molar-refractivity contribution in [2.75, 3.05) is 12.4 Å². The zero-order chi connectivity index (χ0) is 18.5. The van der Waals surface area contributed by atoms with Crippen molar-refractivity contribution in [2.24, 2.45) is 16.5 Å². The first-order valence-corrected chi connectivity index (χ1v) is 7.76. The molecule has 0 aliphatic rings. The number of nitrogens with zero attached hydrogens (tertiary/aromatic N) is 2. The molecule has 1 aromatic heterocycles. The maximum atomic E-state index is 12.3. The largest absolute Gasteiger partial charge is 0.497 e. The zero-order valence-electron chi connectivity index (χ0n) is 14.1. The quantitative estimate of drug-likeness (QED) is 0.414. The number of amides is 1. The van der Waals surface area contributed by atoms with Crippen LogP contribution in [-0.4, -0.2) is 29.2 Å². The van der Waals surface area contributed by atoms with Crippen LogP contribution >= 0.6 is 0 Å². The van der Waals surface area contributed by atoms with E-state index in [9.17, 15) is 4.79 Å². The van der Waals surface area contributed by atoms with E-state index in [0.29, 0.717) is 22.8 Å². The van der Waals surface area contributed by atoms with Crippen molar-refractivity contribution in [3.05, 3.63) is 60.3 Å². The van der Waals surface area contributed by atoms with E-state index in [1.165, 1.54) is 0 Å². The van der Waals surface area contributed by atoms with Crippen LogP contribution in [0.2, 0.25) is 0 Å². The first-order valence-electron chi connectivity index (χ1n) is 7.76. The van der Waals surface area contributed by atoms with Gasteiger partial charge in [-0.25, -0.2) is 4.99 Å². The van der Waals surface area contributed by atoms with Gasteiger partial charge < -0.3 is 21.5 Å². The van der Waals surface area contributed by atoms with Crippen LogP contribution < -0.4 is 21.5 Å². The molecule has 132 valence electrons. The zero-order valence-corrected chi connectivity index (χ0v) is 14.1. The number of H-pyrrole nitrogens is 1. The van der Waals surface area contributed by atoms with Gasteiger partial charge in [0.15, 0.2) is 5.96 Å². The molecular formula is C18H18N6O2. The van der Waals surface area contributed by atoms with Crippen molar-refractivity contribution in [3.63, 3.8) is 0 Å². The molecule has 6 N–H and O–H groups in total. The van der Waals surface area contributed by atoms with Crippen molar-refractivity contribution in [3.8, 4) is 17.0 Å². The molecule has 0 atom stereocenters. The van der Waals surface area contributed by atoms with E-state index >= 15 is 0 Å². The molecule has 8 nitrogen and oxygen atoms in total. The Bertz CT molecular complexity index is 925. The molecule has 0 unspecified atom stereocenters. The second kappa shape index (κ2) is 7.39. The highest BCUT2D eigenvalue weighted by Gasteiger charge is 2.11. The maximum Gasteiger partial charge on any atom is 0.273 e. The summed E-state index contributed by atoms with van der Waals surface area (Å²) in [6.07, 6.45) is 0. The van der Waals surface area contributed by atoms with E-state index in [0.717, 1.165) is 11.3 Å². The van der Waals surface area contributed by atoms with E-state index in [1.54, 1.807) is 49.6 Å². The highest BCUT2D eigenvalue weighted by molar-refractivity contribution is 6.03. The molecule has 0 aliphatic heterocycles. The Balaban J connectivity index is 1.72. The maximum absolute atomic E-state index is 12.3. The summed E-state index contributed by atoms with van der Waals surface area (Å²) in [5, 5.41) is 9.71. The molecule has 8 heteroatoms. The number of aromatic amines is 1. The minimum atomic E-state index is -0.286. The van der Waals surface area contributed by atoms with Crippen LogP contribution in [0.25, 0.3) is 11.3 Å². The van der Waals surface area contributed by atoms with Gasteiger partial charge in [0.2, 0.25) is 0 Å². The molecular weight excluding hydrogens is 332 g/mol. The van der Waals surface area contributed by atoms with Crippen LogP contribution in [0.1, 0.15) is 10.5 Å². The van der Waals surface area contributed by atoms with Crippen molar-refractivity contribution < 1.29 is 9.53 Å². The Morgan fingerprint density at radius 1 is 1.12 bits per heavy atom. The first-order chi connectivity index (χ1) is 12.5. The summed E-state index contributed by atoms with van der Waals surface area (Å²) in [7, 11) is 1.59. The standard InChI is InChI=1S/C18H18N6O2/c1-26-14-8-6-12(7-9-14)21-17(25)16-10-15(23-24-16)11-2-4-13(5-3-11)22-18(19)20/h2-10H,1H3,(H,21,25)(H,23,24)(H4,19,20,22). The predicted octanol–water partition coefficient (Wildman–Crippen LogP) is 2.24. The van der Waals surface area contributed by atoms with Crippen LogP contribution in [0.5, 0.6) is 5.75 Å². The Kier molecular flexibility index (Phi) is 4.84. The number of nitrogens with two attached hydrogens (primary N) is 2. The number of hydrogen-bond donors (Lipinski definition) is 4. The number of hydrogen-bond acceptors (Lipinski definition) is 4. The van der Waals surface area contributed by atoms with Crippen LogP contribution in [0.4, 0.5) is 11.4 Å². The van der Waals surface area contributed by atoms with Crippen molar-refractivity contribution in [2.45, 2.75) is 0 Å². The lowest BCUT2D eigenvalue weighted by Crippen LogP contribution is -2.21. The molecule has 0 aliphatic carbocycles. The fourth-order valence-electron chi connectivity index (χ4n) is 2.31. The Morgan fingerprint density at radius 2 is 1.81 bits per heavy atom. The average molecular weight is 350 g/mol. The number of guanidine groups is 1. The lowest BCUT2D eigenvalue weighted by molar-refractivity contribution is 0.102. The molecule has 2 aromatic carbocycles. The summed E-state index contributed by atoms with van der Waals surface area (Å²) in [4.78, 5) is 16.3. The molecule has 1 heterocycles. The predicted molar refractivity (Wildman–Crippen MR) is 100 cm³/mol. The molecule has 0 radical (unpaired) electrons. The normalized spacial score (nSPS) is 10.2. The molecule has 0 saturated carbocycles.